The van der Waals surface area contributed by atoms with E-state index in [0.29, 0.717) is 52.4 Å². The van der Waals surface area contributed by atoms with Crippen LogP contribution in [0.15, 0.2) is 46.2 Å². The number of amides is 2. The fourth-order valence-electron chi connectivity index (χ4n) is 2.37. The molecule has 0 aliphatic carbocycles. The van der Waals surface area contributed by atoms with Gasteiger partial charge in [-0.3, -0.25) is 9.59 Å². The van der Waals surface area contributed by atoms with E-state index >= 15 is 0 Å². The van der Waals surface area contributed by atoms with Crippen LogP contribution in [0.25, 0.3) is 0 Å². The highest BCUT2D eigenvalue weighted by atomic mass is 35.5. The van der Waals surface area contributed by atoms with Crippen molar-refractivity contribution in [3.63, 3.8) is 0 Å². The van der Waals surface area contributed by atoms with E-state index in [0.717, 1.165) is 4.90 Å². The van der Waals surface area contributed by atoms with Gasteiger partial charge in [-0.25, -0.2) is 0 Å². The second kappa shape index (κ2) is 16.0. The predicted molar refractivity (Wildman–Crippen MR) is 135 cm³/mol. The molecule has 10 heteroatoms. The molecule has 2 N–H and O–H groups in total. The minimum Gasteiger partial charge on any atom is -0.497 e. The molecule has 0 unspecified atom stereocenters. The van der Waals surface area contributed by atoms with Gasteiger partial charge in [-0.15, -0.1) is 23.2 Å². The fraction of sp³-hybridized carbons (Fsp3) is 0.364. The second-order valence-corrected chi connectivity index (χ2v) is 8.75. The lowest BCUT2D eigenvalue weighted by Crippen LogP contribution is -2.26. The third-order valence-electron chi connectivity index (χ3n) is 3.85. The number of halogens is 2. The molecule has 0 spiro atoms. The van der Waals surface area contributed by atoms with E-state index in [1.54, 1.807) is 50.6 Å². The van der Waals surface area contributed by atoms with Gasteiger partial charge in [0.2, 0.25) is 0 Å². The van der Waals surface area contributed by atoms with Crippen LogP contribution in [0.5, 0.6) is 11.5 Å². The Balaban J connectivity index is 0.00000249. The highest BCUT2D eigenvalue weighted by Gasteiger charge is 2.17. The molecule has 0 fully saturated rings. The summed E-state index contributed by atoms with van der Waals surface area (Å²) in [6.07, 6.45) is 0. The molecule has 0 atom stereocenters. The largest absolute Gasteiger partial charge is 0.497 e. The molecule has 0 aromatic heterocycles. The lowest BCUT2D eigenvalue weighted by atomic mass is 10.2. The van der Waals surface area contributed by atoms with Crippen molar-refractivity contribution in [2.45, 2.75) is 23.6 Å². The fourth-order valence-corrected chi connectivity index (χ4v) is 4.91. The Morgan fingerprint density at radius 1 is 0.781 bits per heavy atom. The van der Waals surface area contributed by atoms with Crippen molar-refractivity contribution in [3.05, 3.63) is 47.5 Å². The van der Waals surface area contributed by atoms with Gasteiger partial charge in [0.25, 0.3) is 11.8 Å². The van der Waals surface area contributed by atoms with Gasteiger partial charge in [0.15, 0.2) is 0 Å². The SMILES string of the molecule is CC.COc1ccc(C(=O)NCCCl)c(SSc2ccc(OC)cc2C(=O)NCCCl)c1. The third kappa shape index (κ3) is 8.65. The zero-order valence-corrected chi connectivity index (χ0v) is 21.6. The first kappa shape index (κ1) is 28.3. The summed E-state index contributed by atoms with van der Waals surface area (Å²) in [6.45, 7) is 4.72. The maximum Gasteiger partial charge on any atom is 0.252 e. The molecule has 0 aliphatic rings. The summed E-state index contributed by atoms with van der Waals surface area (Å²) in [5.74, 6) is 1.37. The molecule has 6 nitrogen and oxygen atoms in total. The number of ether oxygens (including phenoxy) is 2. The maximum absolute atomic E-state index is 12.6. The highest BCUT2D eigenvalue weighted by Crippen LogP contribution is 2.42. The Kier molecular flexibility index (Phi) is 14.1. The van der Waals surface area contributed by atoms with Crippen molar-refractivity contribution in [3.8, 4) is 11.5 Å². The number of carbonyl (C=O) groups excluding carboxylic acids is 2. The summed E-state index contributed by atoms with van der Waals surface area (Å²) in [6, 6.07) is 10.5. The standard InChI is InChI=1S/C20H22Cl2N2O4S2.C2H6/c1-27-13-4-6-17(16(11-13)20(26)24-10-8-22)29-30-18-12-14(28-2)3-5-15(18)19(25)23-9-7-21;1-2/h3-6,11-12H,7-10H2,1-2H3,(H,23,25)(H,24,26);1-2H3. The summed E-state index contributed by atoms with van der Waals surface area (Å²) < 4.78 is 10.5. The van der Waals surface area contributed by atoms with Gasteiger partial charge >= 0.3 is 0 Å². The van der Waals surface area contributed by atoms with Gasteiger partial charge in [-0.1, -0.05) is 35.4 Å². The molecule has 0 aliphatic heterocycles. The normalized spacial score (nSPS) is 9.94. The van der Waals surface area contributed by atoms with E-state index in [1.807, 2.05) is 13.8 Å². The number of methoxy groups -OCH3 is 2. The predicted octanol–water partition coefficient (Wildman–Crippen LogP) is 5.47. The van der Waals surface area contributed by atoms with Crippen molar-refractivity contribution < 1.29 is 19.1 Å². The van der Waals surface area contributed by atoms with Gasteiger partial charge in [-0.05, 0) is 36.4 Å². The number of hydrogen-bond donors (Lipinski definition) is 2. The van der Waals surface area contributed by atoms with Crippen LogP contribution in [0, 0.1) is 0 Å². The number of benzene rings is 2. The Labute approximate surface area is 207 Å². The van der Waals surface area contributed by atoms with Gasteiger partial charge in [-0.2, -0.15) is 0 Å². The first-order valence-electron chi connectivity index (χ1n) is 9.93. The Morgan fingerprint density at radius 2 is 1.28 bits per heavy atom. The highest BCUT2D eigenvalue weighted by molar-refractivity contribution is 8.76. The van der Waals surface area contributed by atoms with E-state index in [4.69, 9.17) is 32.7 Å². The van der Waals surface area contributed by atoms with Gasteiger partial charge < -0.3 is 20.1 Å². The van der Waals surface area contributed by atoms with Gasteiger partial charge in [0, 0.05) is 34.6 Å². The number of alkyl halides is 2. The number of nitrogens with one attached hydrogen (secondary N) is 2. The molecule has 0 saturated carbocycles. The molecular weight excluding hydrogens is 491 g/mol. The van der Waals surface area contributed by atoms with Crippen molar-refractivity contribution in [1.82, 2.24) is 10.6 Å². The van der Waals surface area contributed by atoms with Crippen molar-refractivity contribution >= 4 is 56.6 Å². The lowest BCUT2D eigenvalue weighted by Gasteiger charge is -2.13. The van der Waals surface area contributed by atoms with E-state index in [9.17, 15) is 9.59 Å². The quantitative estimate of drug-likeness (QED) is 0.303. The molecule has 0 radical (unpaired) electrons. The Bertz CT molecular complexity index is 885. The molecule has 2 aromatic carbocycles. The summed E-state index contributed by atoms with van der Waals surface area (Å²) in [5, 5.41) is 5.53. The van der Waals surface area contributed by atoms with Crippen LogP contribution in [-0.4, -0.2) is 50.9 Å². The number of carbonyl (C=O) groups is 2. The summed E-state index contributed by atoms with van der Waals surface area (Å²) in [4.78, 5) is 26.5. The van der Waals surface area contributed by atoms with E-state index < -0.39 is 0 Å². The van der Waals surface area contributed by atoms with Gasteiger partial charge in [0.1, 0.15) is 11.5 Å². The first-order valence-corrected chi connectivity index (χ1v) is 13.1. The monoisotopic (exact) mass is 518 g/mol. The van der Waals surface area contributed by atoms with Crippen LogP contribution in [0.4, 0.5) is 0 Å². The Morgan fingerprint density at radius 3 is 1.84 bits per heavy atom. The average molecular weight is 520 g/mol. The lowest BCUT2D eigenvalue weighted by molar-refractivity contribution is 0.0944. The molecule has 0 heterocycles. The molecule has 176 valence electrons. The van der Waals surface area contributed by atoms with Gasteiger partial charge in [0.05, 0.1) is 25.3 Å². The van der Waals surface area contributed by atoms with Crippen LogP contribution in [0.3, 0.4) is 0 Å². The third-order valence-corrected chi connectivity index (χ3v) is 6.69. The van der Waals surface area contributed by atoms with Crippen LogP contribution < -0.4 is 20.1 Å². The topological polar surface area (TPSA) is 76.7 Å². The zero-order valence-electron chi connectivity index (χ0n) is 18.5. The van der Waals surface area contributed by atoms with Crippen LogP contribution >= 0.6 is 44.8 Å². The summed E-state index contributed by atoms with van der Waals surface area (Å²) in [5.41, 5.74) is 0.966. The molecule has 2 amide bonds. The molecule has 0 bridgehead atoms. The van der Waals surface area contributed by atoms with Crippen molar-refractivity contribution in [2.75, 3.05) is 39.1 Å². The summed E-state index contributed by atoms with van der Waals surface area (Å²) >= 11 is 11.3. The minimum absolute atomic E-state index is 0.226. The van der Waals surface area contributed by atoms with E-state index in [2.05, 4.69) is 10.6 Å². The Hall–Kier alpha value is -1.74. The average Bonchev–Trinajstić information content (AvgIpc) is 2.85. The number of hydrogen-bond acceptors (Lipinski definition) is 6. The smallest absolute Gasteiger partial charge is 0.252 e. The molecular formula is C22H28Cl2N2O4S2. The minimum atomic E-state index is -0.247. The molecule has 0 saturated heterocycles. The van der Waals surface area contributed by atoms with Crippen LogP contribution in [0.2, 0.25) is 0 Å². The maximum atomic E-state index is 12.6. The van der Waals surface area contributed by atoms with Crippen molar-refractivity contribution in [2.24, 2.45) is 0 Å². The molecule has 2 rings (SSSR count). The van der Waals surface area contributed by atoms with Crippen LogP contribution in [-0.2, 0) is 0 Å². The first-order chi connectivity index (χ1) is 15.5. The molecule has 2 aromatic rings. The zero-order chi connectivity index (χ0) is 23.9. The number of rotatable bonds is 11. The second-order valence-electron chi connectivity index (χ2n) is 5.78. The summed E-state index contributed by atoms with van der Waals surface area (Å²) in [7, 11) is 5.82. The molecule has 32 heavy (non-hydrogen) atoms. The van der Waals surface area contributed by atoms with Crippen molar-refractivity contribution in [1.29, 1.82) is 0 Å². The van der Waals surface area contributed by atoms with E-state index in [-0.39, 0.29) is 11.8 Å². The van der Waals surface area contributed by atoms with Crippen LogP contribution in [0.1, 0.15) is 34.6 Å². The van der Waals surface area contributed by atoms with E-state index in [1.165, 1.54) is 21.6 Å².